The minimum Gasteiger partial charge on any atom is -0.493 e. The van der Waals surface area contributed by atoms with Crippen LogP contribution >= 0.6 is 0 Å². The zero-order valence-electron chi connectivity index (χ0n) is 13.1. The number of hydrogen-bond donors (Lipinski definition) is 0. The Labute approximate surface area is 134 Å². The average Bonchev–Trinajstić information content (AvgIpc) is 3.22. The van der Waals surface area contributed by atoms with E-state index < -0.39 is 0 Å². The maximum atomic E-state index is 13.0. The van der Waals surface area contributed by atoms with E-state index in [1.54, 1.807) is 6.92 Å². The Morgan fingerprint density at radius 1 is 1.35 bits per heavy atom. The molecule has 2 aromatic rings. The van der Waals surface area contributed by atoms with Crippen LogP contribution in [0.15, 0.2) is 22.7 Å². The molecule has 1 unspecified atom stereocenters. The maximum Gasteiger partial charge on any atom is 0.254 e. The van der Waals surface area contributed by atoms with E-state index in [0.29, 0.717) is 23.9 Å². The van der Waals surface area contributed by atoms with Gasteiger partial charge in [0.15, 0.2) is 5.82 Å². The molecule has 1 aromatic heterocycles. The van der Waals surface area contributed by atoms with Gasteiger partial charge in [-0.3, -0.25) is 4.79 Å². The number of aryl methyl sites for hydroxylation is 1. The molecule has 120 valence electrons. The molecule has 1 atom stereocenters. The van der Waals surface area contributed by atoms with Crippen molar-refractivity contribution in [3.63, 3.8) is 0 Å². The molecular weight excluding hydrogens is 294 g/mol. The highest BCUT2D eigenvalue weighted by molar-refractivity contribution is 5.95. The van der Waals surface area contributed by atoms with E-state index in [1.807, 2.05) is 23.1 Å². The van der Waals surface area contributed by atoms with Crippen LogP contribution in [-0.4, -0.2) is 34.1 Å². The summed E-state index contributed by atoms with van der Waals surface area (Å²) >= 11 is 0. The quantitative estimate of drug-likeness (QED) is 0.852. The Bertz CT molecular complexity index is 740. The lowest BCUT2D eigenvalue weighted by Crippen LogP contribution is -2.38. The molecular formula is C17H19N3O3. The molecule has 1 aromatic carbocycles. The van der Waals surface area contributed by atoms with Gasteiger partial charge >= 0.3 is 0 Å². The zero-order valence-corrected chi connectivity index (χ0v) is 13.1. The van der Waals surface area contributed by atoms with Gasteiger partial charge in [-0.05, 0) is 49.9 Å². The summed E-state index contributed by atoms with van der Waals surface area (Å²) in [6.45, 7) is 3.21. The molecule has 1 fully saturated rings. The monoisotopic (exact) mass is 313 g/mol. The predicted molar refractivity (Wildman–Crippen MR) is 82.3 cm³/mol. The smallest absolute Gasteiger partial charge is 0.254 e. The van der Waals surface area contributed by atoms with Crippen molar-refractivity contribution >= 4 is 5.91 Å². The summed E-state index contributed by atoms with van der Waals surface area (Å²) in [5, 5.41) is 3.86. The minimum atomic E-state index is -0.123. The third-order valence-corrected chi connectivity index (χ3v) is 4.53. The predicted octanol–water partition coefficient (Wildman–Crippen LogP) is 2.68. The zero-order chi connectivity index (χ0) is 15.8. The van der Waals surface area contributed by atoms with E-state index in [9.17, 15) is 4.79 Å². The van der Waals surface area contributed by atoms with Crippen molar-refractivity contribution in [1.29, 1.82) is 0 Å². The highest BCUT2D eigenvalue weighted by Crippen LogP contribution is 2.32. The van der Waals surface area contributed by atoms with Gasteiger partial charge in [-0.15, -0.1) is 0 Å². The first-order chi connectivity index (χ1) is 11.2. The van der Waals surface area contributed by atoms with Crippen LogP contribution in [0, 0.1) is 6.92 Å². The van der Waals surface area contributed by atoms with Gasteiger partial charge in [0.25, 0.3) is 5.91 Å². The van der Waals surface area contributed by atoms with E-state index in [2.05, 4.69) is 10.1 Å². The number of carbonyl (C=O) groups is 1. The highest BCUT2D eigenvalue weighted by atomic mass is 16.5. The van der Waals surface area contributed by atoms with E-state index >= 15 is 0 Å². The number of piperidine rings is 1. The number of amides is 1. The first kappa shape index (κ1) is 14.2. The average molecular weight is 313 g/mol. The number of fused-ring (bicyclic) bond motifs is 1. The standard InChI is InChI=1S/C17H19N3O3/c1-11-18-16(23-19-11)14-4-2-3-8-20(14)17(21)13-5-6-15-12(10-13)7-9-22-15/h5-6,10,14H,2-4,7-9H2,1H3. The number of ether oxygens (including phenoxy) is 1. The largest absolute Gasteiger partial charge is 0.493 e. The molecule has 2 aliphatic rings. The topological polar surface area (TPSA) is 68.5 Å². The van der Waals surface area contributed by atoms with E-state index in [-0.39, 0.29) is 11.9 Å². The summed E-state index contributed by atoms with van der Waals surface area (Å²) in [4.78, 5) is 19.2. The molecule has 1 amide bonds. The summed E-state index contributed by atoms with van der Waals surface area (Å²) < 4.78 is 10.8. The lowest BCUT2D eigenvalue weighted by Gasteiger charge is -2.33. The van der Waals surface area contributed by atoms with Crippen molar-refractivity contribution in [1.82, 2.24) is 15.0 Å². The fourth-order valence-corrected chi connectivity index (χ4v) is 3.37. The van der Waals surface area contributed by atoms with Crippen molar-refractivity contribution in [3.8, 4) is 5.75 Å². The van der Waals surface area contributed by atoms with Crippen molar-refractivity contribution in [2.24, 2.45) is 0 Å². The fraction of sp³-hybridized carbons (Fsp3) is 0.471. The second-order valence-corrected chi connectivity index (χ2v) is 6.11. The summed E-state index contributed by atoms with van der Waals surface area (Å²) in [7, 11) is 0. The molecule has 1 saturated heterocycles. The Hall–Kier alpha value is -2.37. The van der Waals surface area contributed by atoms with Crippen molar-refractivity contribution in [2.75, 3.05) is 13.2 Å². The molecule has 3 heterocycles. The number of rotatable bonds is 2. The summed E-state index contributed by atoms with van der Waals surface area (Å²) in [5.41, 5.74) is 1.82. The van der Waals surface area contributed by atoms with Gasteiger partial charge in [0.2, 0.25) is 5.89 Å². The molecule has 0 saturated carbocycles. The van der Waals surface area contributed by atoms with Crippen LogP contribution < -0.4 is 4.74 Å². The second-order valence-electron chi connectivity index (χ2n) is 6.11. The Kier molecular flexibility index (Phi) is 3.52. The highest BCUT2D eigenvalue weighted by Gasteiger charge is 2.32. The number of hydrogen-bond acceptors (Lipinski definition) is 5. The number of aromatic nitrogens is 2. The molecule has 6 heteroatoms. The van der Waals surface area contributed by atoms with Gasteiger partial charge in [0.1, 0.15) is 11.8 Å². The van der Waals surface area contributed by atoms with Crippen LogP contribution in [0.3, 0.4) is 0 Å². The third-order valence-electron chi connectivity index (χ3n) is 4.53. The third kappa shape index (κ3) is 2.58. The molecule has 0 radical (unpaired) electrons. The van der Waals surface area contributed by atoms with Crippen LogP contribution in [0.5, 0.6) is 5.75 Å². The van der Waals surface area contributed by atoms with E-state index in [4.69, 9.17) is 9.26 Å². The second kappa shape index (κ2) is 5.68. The summed E-state index contributed by atoms with van der Waals surface area (Å²) in [6, 6.07) is 5.57. The van der Waals surface area contributed by atoms with Gasteiger partial charge in [-0.2, -0.15) is 4.98 Å². The van der Waals surface area contributed by atoms with Crippen LogP contribution in [0.25, 0.3) is 0 Å². The maximum absolute atomic E-state index is 13.0. The van der Waals surface area contributed by atoms with Gasteiger partial charge in [0.05, 0.1) is 6.61 Å². The van der Waals surface area contributed by atoms with E-state index in [0.717, 1.165) is 43.5 Å². The van der Waals surface area contributed by atoms with Crippen LogP contribution in [-0.2, 0) is 6.42 Å². The van der Waals surface area contributed by atoms with Gasteiger partial charge in [-0.25, -0.2) is 0 Å². The van der Waals surface area contributed by atoms with Crippen molar-refractivity contribution in [2.45, 2.75) is 38.6 Å². The summed E-state index contributed by atoms with van der Waals surface area (Å²) in [5.74, 6) is 2.07. The molecule has 0 spiro atoms. The molecule has 2 aliphatic heterocycles. The Morgan fingerprint density at radius 2 is 2.26 bits per heavy atom. The van der Waals surface area contributed by atoms with Crippen LogP contribution in [0.4, 0.5) is 0 Å². The first-order valence-corrected chi connectivity index (χ1v) is 8.09. The van der Waals surface area contributed by atoms with Gasteiger partial charge in [-0.1, -0.05) is 5.16 Å². The molecule has 0 aliphatic carbocycles. The summed E-state index contributed by atoms with van der Waals surface area (Å²) in [6.07, 6.45) is 3.79. The number of benzene rings is 1. The van der Waals surface area contributed by atoms with Gasteiger partial charge in [0, 0.05) is 18.5 Å². The number of carbonyl (C=O) groups excluding carboxylic acids is 1. The lowest BCUT2D eigenvalue weighted by atomic mass is 10.00. The molecule has 0 bridgehead atoms. The number of likely N-dealkylation sites (tertiary alicyclic amines) is 1. The fourth-order valence-electron chi connectivity index (χ4n) is 3.37. The normalized spacial score (nSPS) is 20.2. The molecule has 4 rings (SSSR count). The lowest BCUT2D eigenvalue weighted by molar-refractivity contribution is 0.0561. The van der Waals surface area contributed by atoms with Gasteiger partial charge < -0.3 is 14.2 Å². The Morgan fingerprint density at radius 3 is 3.09 bits per heavy atom. The minimum absolute atomic E-state index is 0.0280. The molecule has 0 N–H and O–H groups in total. The van der Waals surface area contributed by atoms with Crippen LogP contribution in [0.1, 0.15) is 52.9 Å². The van der Waals surface area contributed by atoms with Crippen molar-refractivity contribution in [3.05, 3.63) is 41.0 Å². The van der Waals surface area contributed by atoms with E-state index in [1.165, 1.54) is 0 Å². The molecule has 23 heavy (non-hydrogen) atoms. The van der Waals surface area contributed by atoms with Crippen LogP contribution in [0.2, 0.25) is 0 Å². The molecule has 6 nitrogen and oxygen atoms in total. The first-order valence-electron chi connectivity index (χ1n) is 8.09. The number of nitrogens with zero attached hydrogens (tertiary/aromatic N) is 3. The Balaban J connectivity index is 1.62. The van der Waals surface area contributed by atoms with Crippen molar-refractivity contribution < 1.29 is 14.1 Å². The SMILES string of the molecule is Cc1noc(C2CCCCN2C(=O)c2ccc3c(c2)CCO3)n1.